The predicted octanol–water partition coefficient (Wildman–Crippen LogP) is 5.49. The molecule has 0 spiro atoms. The van der Waals surface area contributed by atoms with Gasteiger partial charge < -0.3 is 9.73 Å². The van der Waals surface area contributed by atoms with Crippen LogP contribution in [0, 0.1) is 12.7 Å². The molecule has 7 heteroatoms. The highest BCUT2D eigenvalue weighted by atomic mass is 35.5. The minimum atomic E-state index is -0.395. The Bertz CT molecular complexity index is 1150. The SMILES string of the molecule is Cc1ccc(-c2cc(C(=O)Nc3ccc(F)cc3)n(-c3cccc(Cl)c3)n2)o1. The monoisotopic (exact) mass is 395 g/mol. The number of nitrogens with one attached hydrogen (secondary N) is 1. The number of carbonyl (C=O) groups excluding carboxylic acids is 1. The number of hydrogen-bond acceptors (Lipinski definition) is 3. The second-order valence-corrected chi connectivity index (χ2v) is 6.61. The normalized spacial score (nSPS) is 10.8. The summed E-state index contributed by atoms with van der Waals surface area (Å²) in [6, 6.07) is 17.8. The van der Waals surface area contributed by atoms with Gasteiger partial charge in [0.05, 0.1) is 5.69 Å². The van der Waals surface area contributed by atoms with Crippen LogP contribution in [0.4, 0.5) is 10.1 Å². The molecule has 4 aromatic rings. The molecule has 0 saturated heterocycles. The van der Waals surface area contributed by atoms with Crippen molar-refractivity contribution in [2.75, 3.05) is 5.32 Å². The first-order valence-corrected chi connectivity index (χ1v) is 8.87. The standard InChI is InChI=1S/C21H15ClFN3O2/c1-13-5-10-20(28-13)18-12-19(21(27)24-16-8-6-15(23)7-9-16)26(25-18)17-4-2-3-14(22)11-17/h2-12H,1H3,(H,24,27). The minimum absolute atomic E-state index is 0.288. The van der Waals surface area contributed by atoms with Crippen LogP contribution >= 0.6 is 11.6 Å². The lowest BCUT2D eigenvalue weighted by Crippen LogP contribution is -2.17. The van der Waals surface area contributed by atoms with E-state index in [2.05, 4.69) is 10.4 Å². The number of aryl methyl sites for hydroxylation is 1. The fraction of sp³-hybridized carbons (Fsp3) is 0.0476. The largest absolute Gasteiger partial charge is 0.460 e. The van der Waals surface area contributed by atoms with E-state index in [1.165, 1.54) is 28.9 Å². The Morgan fingerprint density at radius 2 is 1.89 bits per heavy atom. The molecule has 0 bridgehead atoms. The summed E-state index contributed by atoms with van der Waals surface area (Å²) in [5, 5.41) is 7.80. The molecule has 140 valence electrons. The maximum atomic E-state index is 13.1. The lowest BCUT2D eigenvalue weighted by molar-refractivity contribution is 0.101. The van der Waals surface area contributed by atoms with E-state index in [1.807, 2.05) is 13.0 Å². The fourth-order valence-corrected chi connectivity index (χ4v) is 2.95. The number of hydrogen-bond donors (Lipinski definition) is 1. The topological polar surface area (TPSA) is 60.1 Å². The number of rotatable bonds is 4. The summed E-state index contributed by atoms with van der Waals surface area (Å²) in [6.07, 6.45) is 0. The average Bonchev–Trinajstić information content (AvgIpc) is 3.30. The van der Waals surface area contributed by atoms with Crippen molar-refractivity contribution in [3.63, 3.8) is 0 Å². The van der Waals surface area contributed by atoms with Crippen molar-refractivity contribution in [1.29, 1.82) is 0 Å². The van der Waals surface area contributed by atoms with Gasteiger partial charge in [0.1, 0.15) is 23.0 Å². The van der Waals surface area contributed by atoms with Gasteiger partial charge >= 0.3 is 0 Å². The third-order valence-corrected chi connectivity index (χ3v) is 4.32. The first kappa shape index (κ1) is 18.0. The highest BCUT2D eigenvalue weighted by molar-refractivity contribution is 6.30. The average molecular weight is 396 g/mol. The molecule has 0 aliphatic rings. The molecule has 2 heterocycles. The van der Waals surface area contributed by atoms with Crippen molar-refractivity contribution in [3.05, 3.63) is 89.0 Å². The van der Waals surface area contributed by atoms with Crippen LogP contribution in [-0.2, 0) is 0 Å². The van der Waals surface area contributed by atoms with Gasteiger partial charge in [-0.25, -0.2) is 9.07 Å². The Morgan fingerprint density at radius 3 is 2.57 bits per heavy atom. The molecule has 28 heavy (non-hydrogen) atoms. The highest BCUT2D eigenvalue weighted by Crippen LogP contribution is 2.25. The van der Waals surface area contributed by atoms with E-state index in [1.54, 1.807) is 36.4 Å². The predicted molar refractivity (Wildman–Crippen MR) is 105 cm³/mol. The molecule has 1 N–H and O–H groups in total. The highest BCUT2D eigenvalue weighted by Gasteiger charge is 2.19. The van der Waals surface area contributed by atoms with Gasteiger partial charge in [-0.15, -0.1) is 0 Å². The number of carbonyl (C=O) groups is 1. The zero-order chi connectivity index (χ0) is 19.7. The third-order valence-electron chi connectivity index (χ3n) is 4.09. The number of anilines is 1. The van der Waals surface area contributed by atoms with Crippen LogP contribution in [-0.4, -0.2) is 15.7 Å². The van der Waals surface area contributed by atoms with Crippen LogP contribution in [0.3, 0.4) is 0 Å². The Morgan fingerprint density at radius 1 is 1.11 bits per heavy atom. The molecule has 0 aliphatic heterocycles. The number of furan rings is 1. The van der Waals surface area contributed by atoms with Gasteiger partial charge in [-0.3, -0.25) is 4.79 Å². The second kappa shape index (κ2) is 7.32. The zero-order valence-electron chi connectivity index (χ0n) is 14.8. The Balaban J connectivity index is 1.76. The Hall–Kier alpha value is -3.38. The summed E-state index contributed by atoms with van der Waals surface area (Å²) in [7, 11) is 0. The van der Waals surface area contributed by atoms with Crippen LogP contribution in [0.2, 0.25) is 5.02 Å². The minimum Gasteiger partial charge on any atom is -0.460 e. The molecule has 0 atom stereocenters. The van der Waals surface area contributed by atoms with Gasteiger partial charge in [0, 0.05) is 16.8 Å². The molecule has 0 unspecified atom stereocenters. The van der Waals surface area contributed by atoms with E-state index >= 15 is 0 Å². The molecule has 0 fully saturated rings. The van der Waals surface area contributed by atoms with Crippen molar-refractivity contribution < 1.29 is 13.6 Å². The summed E-state index contributed by atoms with van der Waals surface area (Å²) in [4.78, 5) is 12.9. The Labute approximate surface area is 165 Å². The maximum Gasteiger partial charge on any atom is 0.274 e. The number of aromatic nitrogens is 2. The molecule has 0 saturated carbocycles. The molecule has 4 rings (SSSR count). The van der Waals surface area contributed by atoms with Crippen LogP contribution in [0.15, 0.2) is 71.1 Å². The smallest absolute Gasteiger partial charge is 0.274 e. The van der Waals surface area contributed by atoms with Crippen molar-refractivity contribution >= 4 is 23.2 Å². The summed E-state index contributed by atoms with van der Waals surface area (Å²) in [5.74, 6) is 0.518. The second-order valence-electron chi connectivity index (χ2n) is 6.18. The zero-order valence-corrected chi connectivity index (χ0v) is 15.6. The summed E-state index contributed by atoms with van der Waals surface area (Å²) in [6.45, 7) is 1.83. The number of nitrogens with zero attached hydrogens (tertiary/aromatic N) is 2. The van der Waals surface area contributed by atoms with E-state index in [0.29, 0.717) is 27.9 Å². The van der Waals surface area contributed by atoms with Crippen molar-refractivity contribution in [2.24, 2.45) is 0 Å². The van der Waals surface area contributed by atoms with E-state index in [-0.39, 0.29) is 11.5 Å². The fourth-order valence-electron chi connectivity index (χ4n) is 2.77. The van der Waals surface area contributed by atoms with Crippen molar-refractivity contribution in [2.45, 2.75) is 6.92 Å². The molecule has 5 nitrogen and oxygen atoms in total. The molecular weight excluding hydrogens is 381 g/mol. The van der Waals surface area contributed by atoms with Gasteiger partial charge in [0.2, 0.25) is 0 Å². The van der Waals surface area contributed by atoms with Gasteiger partial charge in [-0.05, 0) is 61.5 Å². The summed E-state index contributed by atoms with van der Waals surface area (Å²) < 4.78 is 20.2. The van der Waals surface area contributed by atoms with Gasteiger partial charge in [0.15, 0.2) is 5.76 Å². The van der Waals surface area contributed by atoms with Crippen molar-refractivity contribution in [3.8, 4) is 17.1 Å². The van der Waals surface area contributed by atoms with Crippen LogP contribution in [0.1, 0.15) is 16.2 Å². The Kier molecular flexibility index (Phi) is 4.71. The van der Waals surface area contributed by atoms with Crippen molar-refractivity contribution in [1.82, 2.24) is 9.78 Å². The molecule has 2 aromatic heterocycles. The van der Waals surface area contributed by atoms with Crippen LogP contribution < -0.4 is 5.32 Å². The van der Waals surface area contributed by atoms with E-state index in [9.17, 15) is 9.18 Å². The van der Waals surface area contributed by atoms with Crippen LogP contribution in [0.5, 0.6) is 0 Å². The van der Waals surface area contributed by atoms with E-state index in [4.69, 9.17) is 16.0 Å². The summed E-state index contributed by atoms with van der Waals surface area (Å²) >= 11 is 6.10. The third kappa shape index (κ3) is 3.68. The number of halogens is 2. The van der Waals surface area contributed by atoms with Gasteiger partial charge in [-0.2, -0.15) is 5.10 Å². The van der Waals surface area contributed by atoms with Gasteiger partial charge in [-0.1, -0.05) is 17.7 Å². The molecule has 1 amide bonds. The lowest BCUT2D eigenvalue weighted by atomic mass is 10.2. The molecule has 2 aromatic carbocycles. The molecule has 0 aliphatic carbocycles. The first-order chi connectivity index (χ1) is 13.5. The number of amides is 1. The van der Waals surface area contributed by atoms with Gasteiger partial charge in [0.25, 0.3) is 5.91 Å². The van der Waals surface area contributed by atoms with E-state index < -0.39 is 5.91 Å². The lowest BCUT2D eigenvalue weighted by Gasteiger charge is -2.08. The molecular formula is C21H15ClFN3O2. The first-order valence-electron chi connectivity index (χ1n) is 8.49. The molecule has 0 radical (unpaired) electrons. The van der Waals surface area contributed by atoms with Crippen LogP contribution in [0.25, 0.3) is 17.1 Å². The maximum absolute atomic E-state index is 13.1. The van der Waals surface area contributed by atoms with E-state index in [0.717, 1.165) is 5.76 Å². The quantitative estimate of drug-likeness (QED) is 0.497. The summed E-state index contributed by atoms with van der Waals surface area (Å²) in [5.41, 5.74) is 1.90. The number of benzene rings is 2.